The predicted octanol–water partition coefficient (Wildman–Crippen LogP) is 1.61. The highest BCUT2D eigenvalue weighted by molar-refractivity contribution is 5.94. The summed E-state index contributed by atoms with van der Waals surface area (Å²) in [5.74, 6) is 0.271. The lowest BCUT2D eigenvalue weighted by Gasteiger charge is -2.36. The number of hydrogen-bond donors (Lipinski definition) is 1. The van der Waals surface area contributed by atoms with E-state index in [9.17, 15) is 9.90 Å². The van der Waals surface area contributed by atoms with Gasteiger partial charge in [-0.15, -0.1) is 0 Å². The minimum atomic E-state index is -0.354. The fraction of sp³-hybridized carbons (Fsp3) is 0.571. The first kappa shape index (κ1) is 13.8. The number of rotatable bonds is 4. The molecule has 1 atom stereocenters. The van der Waals surface area contributed by atoms with Gasteiger partial charge in [-0.3, -0.25) is 0 Å². The first-order chi connectivity index (χ1) is 9.27. The Bertz CT molecular complexity index is 436. The van der Waals surface area contributed by atoms with Gasteiger partial charge in [0.25, 0.3) is 0 Å². The number of carbonyl (C=O) groups excluding carboxylic acids is 1. The Morgan fingerprint density at radius 3 is 3.16 bits per heavy atom. The average Bonchev–Trinajstić information content (AvgIpc) is 2.47. The molecule has 1 unspecified atom stereocenters. The molecule has 19 heavy (non-hydrogen) atoms. The molecule has 1 fully saturated rings. The van der Waals surface area contributed by atoms with Crippen LogP contribution >= 0.6 is 0 Å². The molecule has 104 valence electrons. The molecule has 2 rings (SSSR count). The van der Waals surface area contributed by atoms with E-state index in [1.54, 1.807) is 25.3 Å². The van der Waals surface area contributed by atoms with Crippen LogP contribution in [-0.4, -0.2) is 41.9 Å². The molecule has 0 aliphatic carbocycles. The number of carbonyl (C=O) groups is 1. The number of hydrogen-bond acceptors (Lipinski definition) is 5. The van der Waals surface area contributed by atoms with Gasteiger partial charge >= 0.3 is 5.97 Å². The summed E-state index contributed by atoms with van der Waals surface area (Å²) in [6, 6.07) is 3.49. The van der Waals surface area contributed by atoms with Crippen LogP contribution in [0.4, 0.5) is 5.82 Å². The maximum Gasteiger partial charge on any atom is 0.341 e. The molecule has 0 spiro atoms. The number of pyridine rings is 1. The van der Waals surface area contributed by atoms with Crippen molar-refractivity contribution in [1.29, 1.82) is 0 Å². The quantitative estimate of drug-likeness (QED) is 0.837. The van der Waals surface area contributed by atoms with Crippen LogP contribution in [0.15, 0.2) is 18.3 Å². The number of ether oxygens (including phenoxy) is 1. The lowest BCUT2D eigenvalue weighted by molar-refractivity contribution is 0.0526. The molecule has 1 N–H and O–H groups in total. The Morgan fingerprint density at radius 1 is 1.58 bits per heavy atom. The number of piperidine rings is 1. The van der Waals surface area contributed by atoms with Gasteiger partial charge in [0.05, 0.1) is 19.3 Å². The summed E-state index contributed by atoms with van der Waals surface area (Å²) >= 11 is 0. The summed E-state index contributed by atoms with van der Waals surface area (Å²) < 4.78 is 5.06. The van der Waals surface area contributed by atoms with Gasteiger partial charge < -0.3 is 14.7 Å². The highest BCUT2D eigenvalue weighted by Gasteiger charge is 2.26. The van der Waals surface area contributed by atoms with Gasteiger partial charge in [-0.25, -0.2) is 9.78 Å². The molecule has 1 aromatic rings. The lowest BCUT2D eigenvalue weighted by Crippen LogP contribution is -2.43. The van der Waals surface area contributed by atoms with E-state index in [0.717, 1.165) is 25.8 Å². The van der Waals surface area contributed by atoms with Crippen LogP contribution in [0, 0.1) is 0 Å². The fourth-order valence-electron chi connectivity index (χ4n) is 2.46. The standard InChI is InChI=1S/C14H20N2O3/c1-2-19-14(18)12-7-5-8-15-13(12)16-9-4-3-6-11(16)10-17/h5,7-8,11,17H,2-4,6,9-10H2,1H3. The summed E-state index contributed by atoms with van der Waals surface area (Å²) in [5.41, 5.74) is 0.477. The number of nitrogens with zero attached hydrogens (tertiary/aromatic N) is 2. The van der Waals surface area contributed by atoms with Crippen LogP contribution in [0.2, 0.25) is 0 Å². The summed E-state index contributed by atoms with van der Waals surface area (Å²) in [4.78, 5) is 18.3. The SMILES string of the molecule is CCOC(=O)c1cccnc1N1CCCCC1CO. The maximum atomic E-state index is 12.0. The zero-order valence-corrected chi connectivity index (χ0v) is 11.2. The minimum Gasteiger partial charge on any atom is -0.462 e. The van der Waals surface area contributed by atoms with Crippen molar-refractivity contribution >= 4 is 11.8 Å². The molecular weight excluding hydrogens is 244 g/mol. The van der Waals surface area contributed by atoms with Crippen molar-refractivity contribution in [2.75, 3.05) is 24.7 Å². The second-order valence-corrected chi connectivity index (χ2v) is 4.62. The average molecular weight is 264 g/mol. The van der Waals surface area contributed by atoms with E-state index in [1.165, 1.54) is 0 Å². The number of aliphatic hydroxyl groups excluding tert-OH is 1. The van der Waals surface area contributed by atoms with Crippen molar-refractivity contribution in [2.24, 2.45) is 0 Å². The van der Waals surface area contributed by atoms with Gasteiger partial charge in [0, 0.05) is 12.7 Å². The van der Waals surface area contributed by atoms with Crippen LogP contribution in [-0.2, 0) is 4.74 Å². The monoisotopic (exact) mass is 264 g/mol. The second-order valence-electron chi connectivity index (χ2n) is 4.62. The topological polar surface area (TPSA) is 62.7 Å². The third kappa shape index (κ3) is 3.04. The van der Waals surface area contributed by atoms with Crippen molar-refractivity contribution < 1.29 is 14.6 Å². The Morgan fingerprint density at radius 2 is 2.42 bits per heavy atom. The highest BCUT2D eigenvalue weighted by atomic mass is 16.5. The Hall–Kier alpha value is -1.62. The predicted molar refractivity (Wildman–Crippen MR) is 72.3 cm³/mol. The third-order valence-electron chi connectivity index (χ3n) is 3.39. The number of aliphatic hydroxyl groups is 1. The van der Waals surface area contributed by atoms with Crippen molar-refractivity contribution in [3.63, 3.8) is 0 Å². The van der Waals surface area contributed by atoms with E-state index < -0.39 is 0 Å². The normalized spacial score (nSPS) is 19.3. The molecule has 1 aromatic heterocycles. The molecular formula is C14H20N2O3. The van der Waals surface area contributed by atoms with E-state index in [2.05, 4.69) is 4.98 Å². The number of esters is 1. The van der Waals surface area contributed by atoms with Gasteiger partial charge in [-0.05, 0) is 38.3 Å². The Labute approximate surface area is 113 Å². The molecule has 0 bridgehead atoms. The summed E-state index contributed by atoms with van der Waals surface area (Å²) in [7, 11) is 0. The van der Waals surface area contributed by atoms with Crippen molar-refractivity contribution in [3.05, 3.63) is 23.9 Å². The van der Waals surface area contributed by atoms with E-state index in [4.69, 9.17) is 4.74 Å². The van der Waals surface area contributed by atoms with E-state index in [1.807, 2.05) is 4.90 Å². The first-order valence-electron chi connectivity index (χ1n) is 6.77. The zero-order valence-electron chi connectivity index (χ0n) is 11.2. The maximum absolute atomic E-state index is 12.0. The van der Waals surface area contributed by atoms with Gasteiger partial charge in [0.1, 0.15) is 11.4 Å². The first-order valence-corrected chi connectivity index (χ1v) is 6.77. The highest BCUT2D eigenvalue weighted by Crippen LogP contribution is 2.26. The van der Waals surface area contributed by atoms with Crippen molar-refractivity contribution in [2.45, 2.75) is 32.2 Å². The molecule has 1 aliphatic heterocycles. The second kappa shape index (κ2) is 6.52. The van der Waals surface area contributed by atoms with Crippen LogP contribution < -0.4 is 4.90 Å². The third-order valence-corrected chi connectivity index (χ3v) is 3.39. The smallest absolute Gasteiger partial charge is 0.341 e. The lowest BCUT2D eigenvalue weighted by atomic mass is 10.0. The molecule has 0 aromatic carbocycles. The van der Waals surface area contributed by atoms with E-state index in [0.29, 0.717) is 18.0 Å². The van der Waals surface area contributed by atoms with Crippen LogP contribution in [0.1, 0.15) is 36.5 Å². The Balaban J connectivity index is 2.30. The number of anilines is 1. The summed E-state index contributed by atoms with van der Waals surface area (Å²) in [5, 5.41) is 9.47. The van der Waals surface area contributed by atoms with Gasteiger partial charge in [0.2, 0.25) is 0 Å². The van der Waals surface area contributed by atoms with Crippen molar-refractivity contribution in [3.8, 4) is 0 Å². The minimum absolute atomic E-state index is 0.0387. The van der Waals surface area contributed by atoms with Crippen LogP contribution in [0.3, 0.4) is 0 Å². The van der Waals surface area contributed by atoms with Crippen LogP contribution in [0.25, 0.3) is 0 Å². The Kier molecular flexibility index (Phi) is 4.74. The van der Waals surface area contributed by atoms with Gasteiger partial charge in [0.15, 0.2) is 0 Å². The molecule has 0 radical (unpaired) electrons. The fourth-order valence-corrected chi connectivity index (χ4v) is 2.46. The zero-order chi connectivity index (χ0) is 13.7. The molecule has 2 heterocycles. The molecule has 1 aliphatic rings. The summed E-state index contributed by atoms with van der Waals surface area (Å²) in [6.45, 7) is 3.02. The molecule has 5 nitrogen and oxygen atoms in total. The molecule has 0 amide bonds. The van der Waals surface area contributed by atoms with E-state index in [-0.39, 0.29) is 18.6 Å². The van der Waals surface area contributed by atoms with Crippen LogP contribution in [0.5, 0.6) is 0 Å². The number of aromatic nitrogens is 1. The van der Waals surface area contributed by atoms with Crippen molar-refractivity contribution in [1.82, 2.24) is 4.98 Å². The summed E-state index contributed by atoms with van der Waals surface area (Å²) in [6.07, 6.45) is 4.75. The molecule has 1 saturated heterocycles. The molecule has 5 heteroatoms. The largest absolute Gasteiger partial charge is 0.462 e. The van der Waals surface area contributed by atoms with Gasteiger partial charge in [-0.2, -0.15) is 0 Å². The van der Waals surface area contributed by atoms with Gasteiger partial charge in [-0.1, -0.05) is 0 Å². The van der Waals surface area contributed by atoms with E-state index >= 15 is 0 Å². The molecule has 0 saturated carbocycles.